The van der Waals surface area contributed by atoms with Gasteiger partial charge in [0, 0.05) is 36.1 Å². The lowest BCUT2D eigenvalue weighted by atomic mass is 10.1. The number of aromatic amines is 1. The molecule has 1 unspecified atom stereocenters. The van der Waals surface area contributed by atoms with Crippen molar-refractivity contribution in [2.75, 3.05) is 26.6 Å². The van der Waals surface area contributed by atoms with Crippen LogP contribution in [0.4, 0.5) is 0 Å². The van der Waals surface area contributed by atoms with E-state index >= 15 is 0 Å². The SMILES string of the molecule is CCCC1COCCN1Cc1cc2cc3c(cc2[nH]c1=O)OCO3. The van der Waals surface area contributed by atoms with Crippen LogP contribution >= 0.6 is 0 Å². The minimum atomic E-state index is -0.0388. The average Bonchev–Trinajstić information content (AvgIpc) is 3.03. The largest absolute Gasteiger partial charge is 0.454 e. The third-order valence-corrected chi connectivity index (χ3v) is 4.76. The Balaban J connectivity index is 1.65. The highest BCUT2D eigenvalue weighted by atomic mass is 16.7. The number of rotatable bonds is 4. The molecule has 1 aromatic carbocycles. The van der Waals surface area contributed by atoms with Crippen molar-refractivity contribution in [2.45, 2.75) is 32.4 Å². The van der Waals surface area contributed by atoms with Gasteiger partial charge in [-0.1, -0.05) is 13.3 Å². The fraction of sp³-hybridized carbons (Fsp3) is 0.500. The summed E-state index contributed by atoms with van der Waals surface area (Å²) in [6, 6.07) is 6.11. The maximum Gasteiger partial charge on any atom is 0.252 e. The van der Waals surface area contributed by atoms with Crippen LogP contribution in [0, 0.1) is 0 Å². The maximum atomic E-state index is 12.5. The van der Waals surface area contributed by atoms with E-state index in [0.29, 0.717) is 18.3 Å². The molecule has 0 amide bonds. The van der Waals surface area contributed by atoms with Gasteiger partial charge in [0.15, 0.2) is 11.5 Å². The molecule has 3 heterocycles. The summed E-state index contributed by atoms with van der Waals surface area (Å²) in [7, 11) is 0. The summed E-state index contributed by atoms with van der Waals surface area (Å²) in [5.41, 5.74) is 1.52. The van der Waals surface area contributed by atoms with Gasteiger partial charge in [0.2, 0.25) is 6.79 Å². The Morgan fingerprint density at radius 2 is 2.08 bits per heavy atom. The Morgan fingerprint density at radius 1 is 1.25 bits per heavy atom. The molecule has 1 aromatic heterocycles. The number of aromatic nitrogens is 1. The molecule has 2 aliphatic heterocycles. The van der Waals surface area contributed by atoms with E-state index in [1.165, 1.54) is 0 Å². The van der Waals surface area contributed by atoms with Gasteiger partial charge in [-0.25, -0.2) is 0 Å². The van der Waals surface area contributed by atoms with Gasteiger partial charge in [-0.2, -0.15) is 0 Å². The molecule has 1 atom stereocenters. The Hall–Kier alpha value is -2.05. The van der Waals surface area contributed by atoms with Crippen molar-refractivity contribution >= 4 is 10.9 Å². The molecule has 0 radical (unpaired) electrons. The van der Waals surface area contributed by atoms with E-state index in [9.17, 15) is 4.79 Å². The van der Waals surface area contributed by atoms with Gasteiger partial charge in [-0.15, -0.1) is 0 Å². The van der Waals surface area contributed by atoms with Gasteiger partial charge in [-0.05, 0) is 18.6 Å². The van der Waals surface area contributed by atoms with Crippen LogP contribution in [0.3, 0.4) is 0 Å². The van der Waals surface area contributed by atoms with Crippen molar-refractivity contribution in [1.29, 1.82) is 0 Å². The van der Waals surface area contributed by atoms with Crippen LogP contribution in [0.2, 0.25) is 0 Å². The lowest BCUT2D eigenvalue weighted by Gasteiger charge is -2.35. The Bertz CT molecular complexity index is 799. The number of pyridine rings is 1. The van der Waals surface area contributed by atoms with Crippen molar-refractivity contribution < 1.29 is 14.2 Å². The number of benzene rings is 1. The summed E-state index contributed by atoms with van der Waals surface area (Å²) in [5, 5.41) is 0.967. The van der Waals surface area contributed by atoms with E-state index < -0.39 is 0 Å². The Morgan fingerprint density at radius 3 is 2.92 bits per heavy atom. The lowest BCUT2D eigenvalue weighted by molar-refractivity contribution is -0.0148. The van der Waals surface area contributed by atoms with Crippen LogP contribution in [0.25, 0.3) is 10.9 Å². The second-order valence-corrected chi connectivity index (χ2v) is 6.40. The van der Waals surface area contributed by atoms with Crippen molar-refractivity contribution in [3.8, 4) is 11.5 Å². The summed E-state index contributed by atoms with van der Waals surface area (Å²) >= 11 is 0. The molecule has 0 bridgehead atoms. The van der Waals surface area contributed by atoms with Gasteiger partial charge < -0.3 is 19.2 Å². The van der Waals surface area contributed by atoms with Crippen molar-refractivity contribution in [2.24, 2.45) is 0 Å². The molecule has 1 N–H and O–H groups in total. The van der Waals surface area contributed by atoms with Crippen LogP contribution in [-0.4, -0.2) is 42.5 Å². The number of nitrogens with zero attached hydrogens (tertiary/aromatic N) is 1. The van der Waals surface area contributed by atoms with E-state index in [1.807, 2.05) is 18.2 Å². The van der Waals surface area contributed by atoms with E-state index in [1.54, 1.807) is 0 Å². The third kappa shape index (κ3) is 2.87. The molecule has 0 saturated carbocycles. The van der Waals surface area contributed by atoms with Crippen LogP contribution in [0.15, 0.2) is 23.0 Å². The number of fused-ring (bicyclic) bond motifs is 2. The van der Waals surface area contributed by atoms with Gasteiger partial charge in [-0.3, -0.25) is 9.69 Å². The van der Waals surface area contributed by atoms with E-state index in [-0.39, 0.29) is 12.4 Å². The first-order valence-corrected chi connectivity index (χ1v) is 8.52. The highest BCUT2D eigenvalue weighted by Gasteiger charge is 2.23. The molecule has 0 spiro atoms. The van der Waals surface area contributed by atoms with Crippen LogP contribution in [-0.2, 0) is 11.3 Å². The molecule has 2 aliphatic rings. The molecule has 6 nitrogen and oxygen atoms in total. The normalized spacial score (nSPS) is 20.6. The zero-order chi connectivity index (χ0) is 16.5. The van der Waals surface area contributed by atoms with Crippen LogP contribution < -0.4 is 15.0 Å². The van der Waals surface area contributed by atoms with Crippen LogP contribution in [0.1, 0.15) is 25.3 Å². The zero-order valence-electron chi connectivity index (χ0n) is 13.8. The standard InChI is InChI=1S/C18H22N2O4/c1-2-3-14-10-22-5-4-20(14)9-13-6-12-7-16-17(24-11-23-16)8-15(12)19-18(13)21/h6-8,14H,2-5,9-11H2,1H3,(H,19,21). The average molecular weight is 330 g/mol. The lowest BCUT2D eigenvalue weighted by Crippen LogP contribution is -2.45. The molecule has 24 heavy (non-hydrogen) atoms. The van der Waals surface area contributed by atoms with Gasteiger partial charge in [0.05, 0.1) is 18.7 Å². The summed E-state index contributed by atoms with van der Waals surface area (Å²) in [6.07, 6.45) is 2.20. The number of nitrogens with one attached hydrogen (secondary N) is 1. The number of H-pyrrole nitrogens is 1. The monoisotopic (exact) mass is 330 g/mol. The van der Waals surface area contributed by atoms with Crippen molar-refractivity contribution in [1.82, 2.24) is 9.88 Å². The summed E-state index contributed by atoms with van der Waals surface area (Å²) < 4.78 is 16.4. The zero-order valence-corrected chi connectivity index (χ0v) is 13.8. The van der Waals surface area contributed by atoms with Crippen LogP contribution in [0.5, 0.6) is 11.5 Å². The molecule has 6 heteroatoms. The quantitative estimate of drug-likeness (QED) is 0.931. The van der Waals surface area contributed by atoms with Gasteiger partial charge in [0.25, 0.3) is 5.56 Å². The Labute approximate surface area is 140 Å². The molecule has 2 aromatic rings. The minimum Gasteiger partial charge on any atom is -0.454 e. The van der Waals surface area contributed by atoms with Crippen molar-refractivity contribution in [3.63, 3.8) is 0 Å². The molecule has 128 valence electrons. The predicted molar refractivity (Wildman–Crippen MR) is 90.6 cm³/mol. The highest BCUT2D eigenvalue weighted by molar-refractivity contribution is 5.83. The molecular formula is C18H22N2O4. The highest BCUT2D eigenvalue weighted by Crippen LogP contribution is 2.35. The van der Waals surface area contributed by atoms with E-state index in [0.717, 1.165) is 54.8 Å². The first-order chi connectivity index (χ1) is 11.7. The molecule has 4 rings (SSSR count). The molecule has 1 fully saturated rings. The Kier molecular flexibility index (Phi) is 4.16. The topological polar surface area (TPSA) is 63.8 Å². The molecular weight excluding hydrogens is 308 g/mol. The summed E-state index contributed by atoms with van der Waals surface area (Å²) in [5.74, 6) is 1.41. The third-order valence-electron chi connectivity index (χ3n) is 4.76. The maximum absolute atomic E-state index is 12.5. The van der Waals surface area contributed by atoms with Gasteiger partial charge >= 0.3 is 0 Å². The minimum absolute atomic E-state index is 0.0388. The second kappa shape index (κ2) is 6.45. The fourth-order valence-corrected chi connectivity index (χ4v) is 3.47. The molecule has 0 aliphatic carbocycles. The summed E-state index contributed by atoms with van der Waals surface area (Å²) in [4.78, 5) is 17.8. The number of morpholine rings is 1. The second-order valence-electron chi connectivity index (χ2n) is 6.40. The van der Waals surface area contributed by atoms with Gasteiger partial charge in [0.1, 0.15) is 0 Å². The smallest absolute Gasteiger partial charge is 0.252 e. The van der Waals surface area contributed by atoms with E-state index in [2.05, 4.69) is 16.8 Å². The first-order valence-electron chi connectivity index (χ1n) is 8.52. The first kappa shape index (κ1) is 15.5. The fourth-order valence-electron chi connectivity index (χ4n) is 3.47. The number of hydrogen-bond donors (Lipinski definition) is 1. The summed E-state index contributed by atoms with van der Waals surface area (Å²) in [6.45, 7) is 5.40. The predicted octanol–water partition coefficient (Wildman–Crippen LogP) is 2.26. The van der Waals surface area contributed by atoms with E-state index in [4.69, 9.17) is 14.2 Å². The van der Waals surface area contributed by atoms with Crippen molar-refractivity contribution in [3.05, 3.63) is 34.1 Å². The number of ether oxygens (including phenoxy) is 3. The number of hydrogen-bond acceptors (Lipinski definition) is 5. The molecule has 1 saturated heterocycles.